The number of rotatable bonds is 2. The maximum Gasteiger partial charge on any atom is 0.410 e. The Labute approximate surface area is 171 Å². The lowest BCUT2D eigenvalue weighted by atomic mass is 9.95. The van der Waals surface area contributed by atoms with E-state index < -0.39 is 5.60 Å². The van der Waals surface area contributed by atoms with Crippen molar-refractivity contribution in [1.29, 1.82) is 0 Å². The third-order valence-corrected chi connectivity index (χ3v) is 5.23. The summed E-state index contributed by atoms with van der Waals surface area (Å²) >= 11 is 0. The summed E-state index contributed by atoms with van der Waals surface area (Å²) in [5.41, 5.74) is 4.63. The Kier molecular flexibility index (Phi) is 5.03. The Morgan fingerprint density at radius 2 is 1.93 bits per heavy atom. The molecule has 0 unspecified atom stereocenters. The molecule has 1 aromatic carbocycles. The van der Waals surface area contributed by atoms with Crippen LogP contribution in [0.2, 0.25) is 0 Å². The highest BCUT2D eigenvalue weighted by Gasteiger charge is 2.29. The maximum absolute atomic E-state index is 12.5. The van der Waals surface area contributed by atoms with E-state index in [9.17, 15) is 4.79 Å². The zero-order chi connectivity index (χ0) is 20.6. The molecule has 0 spiro atoms. The molecule has 4 rings (SSSR count). The Morgan fingerprint density at radius 3 is 2.66 bits per heavy atom. The Balaban J connectivity index is 1.61. The number of aromatic nitrogens is 3. The number of likely N-dealkylation sites (tertiary alicyclic amines) is 1. The summed E-state index contributed by atoms with van der Waals surface area (Å²) < 4.78 is 7.50. The summed E-state index contributed by atoms with van der Waals surface area (Å²) in [5, 5.41) is 4.84. The van der Waals surface area contributed by atoms with Crippen molar-refractivity contribution in [1.82, 2.24) is 19.5 Å². The lowest BCUT2D eigenvalue weighted by molar-refractivity contribution is 0.0196. The van der Waals surface area contributed by atoms with Crippen LogP contribution >= 0.6 is 0 Å². The SMILES string of the molecule is Cc1ccc(-c2cc3nccc([C@H]4CCCN(C(=O)OC(C)(C)C)C4)n3n2)cc1. The second-order valence-electron chi connectivity index (χ2n) is 8.80. The fourth-order valence-corrected chi connectivity index (χ4v) is 3.80. The summed E-state index contributed by atoms with van der Waals surface area (Å²) in [4.78, 5) is 18.9. The van der Waals surface area contributed by atoms with Gasteiger partial charge >= 0.3 is 6.09 Å². The number of benzene rings is 1. The van der Waals surface area contributed by atoms with Crippen LogP contribution in [0.4, 0.5) is 4.79 Å². The first-order chi connectivity index (χ1) is 13.8. The molecule has 1 atom stereocenters. The molecule has 1 fully saturated rings. The number of piperidine rings is 1. The molecular formula is C23H28N4O2. The fraction of sp³-hybridized carbons (Fsp3) is 0.435. The molecule has 29 heavy (non-hydrogen) atoms. The normalized spacial score (nSPS) is 17.5. The van der Waals surface area contributed by atoms with E-state index in [1.54, 1.807) is 0 Å². The van der Waals surface area contributed by atoms with E-state index >= 15 is 0 Å². The molecule has 0 saturated carbocycles. The molecule has 0 bridgehead atoms. The van der Waals surface area contributed by atoms with E-state index in [-0.39, 0.29) is 12.0 Å². The quantitative estimate of drug-likeness (QED) is 0.627. The molecule has 3 heterocycles. The van der Waals surface area contributed by atoms with Gasteiger partial charge in [0, 0.05) is 36.8 Å². The van der Waals surface area contributed by atoms with Gasteiger partial charge in [0.15, 0.2) is 5.65 Å². The number of aryl methyl sites for hydroxylation is 1. The number of amides is 1. The molecule has 2 aromatic heterocycles. The molecule has 0 N–H and O–H groups in total. The van der Waals surface area contributed by atoms with Crippen molar-refractivity contribution < 1.29 is 9.53 Å². The highest BCUT2D eigenvalue weighted by molar-refractivity contribution is 5.68. The number of hydrogen-bond acceptors (Lipinski definition) is 4. The van der Waals surface area contributed by atoms with Gasteiger partial charge in [-0.15, -0.1) is 0 Å². The van der Waals surface area contributed by atoms with Crippen LogP contribution in [0.25, 0.3) is 16.9 Å². The van der Waals surface area contributed by atoms with Crippen LogP contribution in [0.15, 0.2) is 42.6 Å². The standard InChI is InChI=1S/C23H28N4O2/c1-16-7-9-17(10-8-16)19-14-21-24-12-11-20(27(21)25-19)18-6-5-13-26(15-18)22(28)29-23(2,3)4/h7-12,14,18H,5-6,13,15H2,1-4H3/t18-/m0/s1. The van der Waals surface area contributed by atoms with Gasteiger partial charge in [0.25, 0.3) is 0 Å². The minimum atomic E-state index is -0.487. The number of nitrogens with zero attached hydrogens (tertiary/aromatic N) is 4. The zero-order valence-electron chi connectivity index (χ0n) is 17.6. The minimum absolute atomic E-state index is 0.201. The van der Waals surface area contributed by atoms with E-state index in [0.717, 1.165) is 42.0 Å². The molecule has 1 aliphatic heterocycles. The van der Waals surface area contributed by atoms with Crippen molar-refractivity contribution in [2.24, 2.45) is 0 Å². The minimum Gasteiger partial charge on any atom is -0.444 e. The van der Waals surface area contributed by atoms with Gasteiger partial charge in [-0.05, 0) is 46.6 Å². The highest BCUT2D eigenvalue weighted by Crippen LogP contribution is 2.29. The van der Waals surface area contributed by atoms with Crippen molar-refractivity contribution >= 4 is 11.7 Å². The van der Waals surface area contributed by atoms with Crippen LogP contribution < -0.4 is 0 Å². The summed E-state index contributed by atoms with van der Waals surface area (Å²) in [7, 11) is 0. The van der Waals surface area contributed by atoms with Crippen LogP contribution in [0.1, 0.15) is 50.8 Å². The Morgan fingerprint density at radius 1 is 1.17 bits per heavy atom. The van der Waals surface area contributed by atoms with E-state index in [1.807, 2.05) is 48.5 Å². The number of fused-ring (bicyclic) bond motifs is 1. The first-order valence-corrected chi connectivity index (χ1v) is 10.2. The van der Waals surface area contributed by atoms with Gasteiger partial charge < -0.3 is 9.64 Å². The topological polar surface area (TPSA) is 59.7 Å². The number of carbonyl (C=O) groups is 1. The molecular weight excluding hydrogens is 364 g/mol. The first kappa shape index (κ1) is 19.4. The second kappa shape index (κ2) is 7.50. The third kappa shape index (κ3) is 4.26. The maximum atomic E-state index is 12.5. The summed E-state index contributed by atoms with van der Waals surface area (Å²) in [6, 6.07) is 12.4. The molecule has 3 aromatic rings. The predicted molar refractivity (Wildman–Crippen MR) is 113 cm³/mol. The predicted octanol–water partition coefficient (Wildman–Crippen LogP) is 4.82. The summed E-state index contributed by atoms with van der Waals surface area (Å²) in [6.45, 7) is 9.13. The Hall–Kier alpha value is -2.89. The number of ether oxygens (including phenoxy) is 1. The summed E-state index contributed by atoms with van der Waals surface area (Å²) in [6.07, 6.45) is 3.55. The molecule has 152 valence electrons. The molecule has 6 nitrogen and oxygen atoms in total. The molecule has 0 aliphatic carbocycles. The molecule has 0 radical (unpaired) electrons. The van der Waals surface area contributed by atoms with Gasteiger partial charge in [-0.1, -0.05) is 29.8 Å². The van der Waals surface area contributed by atoms with Crippen molar-refractivity contribution in [2.45, 2.75) is 52.1 Å². The van der Waals surface area contributed by atoms with E-state index in [2.05, 4.69) is 36.2 Å². The third-order valence-electron chi connectivity index (χ3n) is 5.23. The molecule has 6 heteroatoms. The second-order valence-corrected chi connectivity index (χ2v) is 8.80. The van der Waals surface area contributed by atoms with Gasteiger partial charge in [0.1, 0.15) is 5.60 Å². The first-order valence-electron chi connectivity index (χ1n) is 10.2. The van der Waals surface area contributed by atoms with Gasteiger partial charge in [0.2, 0.25) is 0 Å². The van der Waals surface area contributed by atoms with Crippen LogP contribution in [-0.2, 0) is 4.74 Å². The van der Waals surface area contributed by atoms with Crippen molar-refractivity contribution in [2.75, 3.05) is 13.1 Å². The van der Waals surface area contributed by atoms with Gasteiger partial charge in [-0.25, -0.2) is 14.3 Å². The average Bonchev–Trinajstić information content (AvgIpc) is 3.11. The lowest BCUT2D eigenvalue weighted by Gasteiger charge is -2.34. The molecule has 1 aliphatic rings. The van der Waals surface area contributed by atoms with E-state index in [0.29, 0.717) is 6.54 Å². The lowest BCUT2D eigenvalue weighted by Crippen LogP contribution is -2.42. The number of carbonyl (C=O) groups excluding carboxylic acids is 1. The fourth-order valence-electron chi connectivity index (χ4n) is 3.80. The molecule has 1 saturated heterocycles. The largest absolute Gasteiger partial charge is 0.444 e. The van der Waals surface area contributed by atoms with E-state index in [1.165, 1.54) is 5.56 Å². The van der Waals surface area contributed by atoms with Crippen molar-refractivity contribution in [3.05, 3.63) is 53.9 Å². The Bertz CT molecular complexity index is 1020. The van der Waals surface area contributed by atoms with Gasteiger partial charge in [0.05, 0.1) is 11.4 Å². The van der Waals surface area contributed by atoms with Crippen LogP contribution in [0.5, 0.6) is 0 Å². The summed E-state index contributed by atoms with van der Waals surface area (Å²) in [5.74, 6) is 0.201. The van der Waals surface area contributed by atoms with E-state index in [4.69, 9.17) is 9.84 Å². The highest BCUT2D eigenvalue weighted by atomic mass is 16.6. The van der Waals surface area contributed by atoms with Crippen LogP contribution in [0.3, 0.4) is 0 Å². The zero-order valence-corrected chi connectivity index (χ0v) is 17.6. The monoisotopic (exact) mass is 392 g/mol. The van der Waals surface area contributed by atoms with Gasteiger partial charge in [-0.2, -0.15) is 5.10 Å². The number of hydrogen-bond donors (Lipinski definition) is 0. The average molecular weight is 393 g/mol. The smallest absolute Gasteiger partial charge is 0.410 e. The molecule has 1 amide bonds. The van der Waals surface area contributed by atoms with Crippen LogP contribution in [0, 0.1) is 6.92 Å². The van der Waals surface area contributed by atoms with Crippen molar-refractivity contribution in [3.8, 4) is 11.3 Å². The van der Waals surface area contributed by atoms with Gasteiger partial charge in [-0.3, -0.25) is 0 Å². The van der Waals surface area contributed by atoms with Crippen LogP contribution in [-0.4, -0.2) is 44.3 Å². The van der Waals surface area contributed by atoms with Crippen molar-refractivity contribution in [3.63, 3.8) is 0 Å².